The summed E-state index contributed by atoms with van der Waals surface area (Å²) in [6, 6.07) is 12.8. The lowest BCUT2D eigenvalue weighted by molar-refractivity contribution is 0.0740. The molecule has 27 heavy (non-hydrogen) atoms. The van der Waals surface area contributed by atoms with E-state index in [2.05, 4.69) is 6.92 Å². The van der Waals surface area contributed by atoms with Crippen molar-refractivity contribution in [3.63, 3.8) is 0 Å². The Morgan fingerprint density at radius 2 is 1.56 bits per heavy atom. The molecule has 1 amide bonds. The average Bonchev–Trinajstić information content (AvgIpc) is 2.61. The molecule has 0 N–H and O–H groups in total. The van der Waals surface area contributed by atoms with Crippen molar-refractivity contribution in [2.45, 2.75) is 38.5 Å². The van der Waals surface area contributed by atoms with Crippen LogP contribution in [0, 0.1) is 5.82 Å². The van der Waals surface area contributed by atoms with Crippen LogP contribution in [0.1, 0.15) is 47.7 Å². The van der Waals surface area contributed by atoms with Gasteiger partial charge in [0.15, 0.2) is 9.84 Å². The molecule has 4 nitrogen and oxygen atoms in total. The predicted octanol–water partition coefficient (Wildman–Crippen LogP) is 4.20. The summed E-state index contributed by atoms with van der Waals surface area (Å²) in [5.41, 5.74) is 2.05. The van der Waals surface area contributed by atoms with E-state index in [9.17, 15) is 17.6 Å². The highest BCUT2D eigenvalue weighted by Gasteiger charge is 2.16. The molecule has 0 unspecified atom stereocenters. The highest BCUT2D eigenvalue weighted by atomic mass is 32.2. The molecule has 0 atom stereocenters. The van der Waals surface area contributed by atoms with E-state index < -0.39 is 9.84 Å². The van der Waals surface area contributed by atoms with Gasteiger partial charge in [-0.25, -0.2) is 12.8 Å². The van der Waals surface area contributed by atoms with E-state index in [-0.39, 0.29) is 17.5 Å². The predicted molar refractivity (Wildman–Crippen MR) is 106 cm³/mol. The van der Waals surface area contributed by atoms with Gasteiger partial charge in [0.25, 0.3) is 5.91 Å². The minimum absolute atomic E-state index is 0.0444. The first-order valence-electron chi connectivity index (χ1n) is 9.09. The van der Waals surface area contributed by atoms with Crippen molar-refractivity contribution in [1.29, 1.82) is 0 Å². The molecule has 0 heterocycles. The standard InChI is InChI=1S/C21H26FNO3S/c1-3-4-5-14-23(15-17-8-12-20(22)13-9-17)21(24)19-10-6-18(7-11-19)16-27(2,25)26/h6-13H,3-5,14-16H2,1-2H3. The summed E-state index contributed by atoms with van der Waals surface area (Å²) in [5, 5.41) is 0. The van der Waals surface area contributed by atoms with Gasteiger partial charge in [-0.05, 0) is 41.8 Å². The second-order valence-electron chi connectivity index (χ2n) is 6.83. The van der Waals surface area contributed by atoms with Crippen LogP contribution < -0.4 is 0 Å². The third kappa shape index (κ3) is 7.13. The zero-order valence-corrected chi connectivity index (χ0v) is 16.6. The summed E-state index contributed by atoms with van der Waals surface area (Å²) < 4.78 is 35.9. The summed E-state index contributed by atoms with van der Waals surface area (Å²) in [6.45, 7) is 3.13. The van der Waals surface area contributed by atoms with Crippen LogP contribution in [0.25, 0.3) is 0 Å². The fraction of sp³-hybridized carbons (Fsp3) is 0.381. The zero-order valence-electron chi connectivity index (χ0n) is 15.8. The van der Waals surface area contributed by atoms with Crippen LogP contribution in [-0.4, -0.2) is 32.0 Å². The molecule has 0 aromatic heterocycles. The first-order chi connectivity index (χ1) is 12.8. The molecule has 2 rings (SSSR count). The smallest absolute Gasteiger partial charge is 0.254 e. The van der Waals surface area contributed by atoms with Gasteiger partial charge in [0, 0.05) is 24.9 Å². The zero-order chi connectivity index (χ0) is 19.9. The monoisotopic (exact) mass is 391 g/mol. The summed E-state index contributed by atoms with van der Waals surface area (Å²) in [5.74, 6) is -0.456. The molecule has 0 fully saturated rings. The molecular formula is C21H26FNO3S. The Bertz CT molecular complexity index is 846. The molecular weight excluding hydrogens is 365 g/mol. The first kappa shape index (κ1) is 21.1. The van der Waals surface area contributed by atoms with Gasteiger partial charge < -0.3 is 4.90 Å². The van der Waals surface area contributed by atoms with Gasteiger partial charge in [-0.15, -0.1) is 0 Å². The maximum atomic E-state index is 13.1. The van der Waals surface area contributed by atoms with Crippen LogP contribution in [0.2, 0.25) is 0 Å². The quantitative estimate of drug-likeness (QED) is 0.602. The Balaban J connectivity index is 2.15. The van der Waals surface area contributed by atoms with Crippen LogP contribution in [0.3, 0.4) is 0 Å². The molecule has 0 aliphatic rings. The van der Waals surface area contributed by atoms with Crippen LogP contribution in [0.15, 0.2) is 48.5 Å². The van der Waals surface area contributed by atoms with Gasteiger partial charge in [0.2, 0.25) is 0 Å². The average molecular weight is 392 g/mol. The van der Waals surface area contributed by atoms with Gasteiger partial charge in [-0.2, -0.15) is 0 Å². The lowest BCUT2D eigenvalue weighted by Crippen LogP contribution is -2.31. The van der Waals surface area contributed by atoms with E-state index in [1.54, 1.807) is 41.3 Å². The Hall–Kier alpha value is -2.21. The number of amides is 1. The van der Waals surface area contributed by atoms with Crippen LogP contribution in [0.5, 0.6) is 0 Å². The minimum atomic E-state index is -3.11. The number of hydrogen-bond donors (Lipinski definition) is 0. The molecule has 2 aromatic carbocycles. The maximum Gasteiger partial charge on any atom is 0.254 e. The summed E-state index contributed by atoms with van der Waals surface area (Å²) in [6.07, 6.45) is 4.17. The number of hydrogen-bond acceptors (Lipinski definition) is 3. The van der Waals surface area contributed by atoms with E-state index in [1.807, 2.05) is 0 Å². The maximum absolute atomic E-state index is 13.1. The lowest BCUT2D eigenvalue weighted by atomic mass is 10.1. The van der Waals surface area contributed by atoms with Crippen LogP contribution >= 0.6 is 0 Å². The Kier molecular flexibility index (Phi) is 7.54. The van der Waals surface area contributed by atoms with Gasteiger partial charge in [0.05, 0.1) is 5.75 Å². The van der Waals surface area contributed by atoms with E-state index in [0.29, 0.717) is 24.2 Å². The van der Waals surface area contributed by atoms with E-state index in [4.69, 9.17) is 0 Å². The number of benzene rings is 2. The number of sulfone groups is 1. The minimum Gasteiger partial charge on any atom is -0.334 e. The fourth-order valence-electron chi connectivity index (χ4n) is 2.84. The number of halogens is 1. The third-order valence-corrected chi connectivity index (χ3v) is 5.09. The fourth-order valence-corrected chi connectivity index (χ4v) is 3.64. The normalized spacial score (nSPS) is 11.4. The molecule has 0 aliphatic carbocycles. The highest BCUT2D eigenvalue weighted by molar-refractivity contribution is 7.89. The van der Waals surface area contributed by atoms with E-state index in [0.717, 1.165) is 24.8 Å². The number of unbranched alkanes of at least 4 members (excludes halogenated alkanes) is 2. The molecule has 0 saturated heterocycles. The SMILES string of the molecule is CCCCCN(Cc1ccc(F)cc1)C(=O)c1ccc(CS(C)(=O)=O)cc1. The van der Waals surface area contributed by atoms with Gasteiger partial charge >= 0.3 is 0 Å². The number of carbonyl (C=O) groups excluding carboxylic acids is 1. The Morgan fingerprint density at radius 1 is 0.963 bits per heavy atom. The molecule has 2 aromatic rings. The van der Waals surface area contributed by atoms with E-state index >= 15 is 0 Å². The Morgan fingerprint density at radius 3 is 2.11 bits per heavy atom. The Labute approximate surface area is 160 Å². The molecule has 0 bridgehead atoms. The van der Waals surface area contributed by atoms with Gasteiger partial charge in [-0.3, -0.25) is 4.79 Å². The van der Waals surface area contributed by atoms with Gasteiger partial charge in [0.1, 0.15) is 5.82 Å². The number of rotatable bonds is 9. The second-order valence-corrected chi connectivity index (χ2v) is 8.97. The number of carbonyl (C=O) groups is 1. The van der Waals surface area contributed by atoms with Crippen LogP contribution in [0.4, 0.5) is 4.39 Å². The van der Waals surface area contributed by atoms with Crippen molar-refractivity contribution in [3.8, 4) is 0 Å². The summed E-state index contributed by atoms with van der Waals surface area (Å²) in [7, 11) is -3.11. The largest absolute Gasteiger partial charge is 0.334 e. The molecule has 0 saturated carbocycles. The molecule has 0 radical (unpaired) electrons. The topological polar surface area (TPSA) is 54.5 Å². The summed E-state index contributed by atoms with van der Waals surface area (Å²) >= 11 is 0. The second kappa shape index (κ2) is 9.65. The van der Waals surface area contributed by atoms with Crippen molar-refractivity contribution < 1.29 is 17.6 Å². The van der Waals surface area contributed by atoms with Crippen molar-refractivity contribution in [2.75, 3.05) is 12.8 Å². The number of nitrogens with zero attached hydrogens (tertiary/aromatic N) is 1. The highest BCUT2D eigenvalue weighted by Crippen LogP contribution is 2.14. The van der Waals surface area contributed by atoms with Crippen molar-refractivity contribution in [2.24, 2.45) is 0 Å². The third-order valence-electron chi connectivity index (χ3n) is 4.24. The van der Waals surface area contributed by atoms with Gasteiger partial charge in [-0.1, -0.05) is 44.0 Å². The molecule has 0 aliphatic heterocycles. The lowest BCUT2D eigenvalue weighted by Gasteiger charge is -2.23. The van der Waals surface area contributed by atoms with Crippen molar-refractivity contribution in [3.05, 3.63) is 71.0 Å². The summed E-state index contributed by atoms with van der Waals surface area (Å²) in [4.78, 5) is 14.7. The van der Waals surface area contributed by atoms with Crippen LogP contribution in [-0.2, 0) is 22.1 Å². The molecule has 0 spiro atoms. The van der Waals surface area contributed by atoms with Crippen molar-refractivity contribution >= 4 is 15.7 Å². The molecule has 146 valence electrons. The van der Waals surface area contributed by atoms with Crippen molar-refractivity contribution in [1.82, 2.24) is 4.90 Å². The van der Waals surface area contributed by atoms with E-state index in [1.165, 1.54) is 18.4 Å². The first-order valence-corrected chi connectivity index (χ1v) is 11.1. The molecule has 6 heteroatoms.